The fraction of sp³-hybridized carbons (Fsp3) is 0.182. The van der Waals surface area contributed by atoms with Crippen LogP contribution < -0.4 is 20.4 Å². The van der Waals surface area contributed by atoms with E-state index in [1.165, 1.54) is 12.1 Å². The molecule has 1 aromatic heterocycles. The highest BCUT2D eigenvalue weighted by atomic mass is 32.2. The van der Waals surface area contributed by atoms with Gasteiger partial charge in [-0.1, -0.05) is 54.6 Å². The third-order valence-corrected chi connectivity index (χ3v) is 8.59. The normalized spacial score (nSPS) is 11.2. The van der Waals surface area contributed by atoms with Crippen molar-refractivity contribution in [1.82, 2.24) is 9.88 Å². The first-order valence-electron chi connectivity index (χ1n) is 13.9. The van der Waals surface area contributed by atoms with Gasteiger partial charge in [-0.15, -0.1) is 0 Å². The SMILES string of the molecule is COc1ccc(CCC(=O)N(C)Cc2ccccc2)c(Nc2nc3ccc(NS(=O)(=O)c4ccccc4)c(C)c3c(=O)o2)c1. The van der Waals surface area contributed by atoms with Crippen LogP contribution in [-0.4, -0.2) is 38.4 Å². The van der Waals surface area contributed by atoms with E-state index in [1.54, 1.807) is 68.4 Å². The van der Waals surface area contributed by atoms with Crippen LogP contribution in [0.25, 0.3) is 10.9 Å². The zero-order chi connectivity index (χ0) is 31.3. The average molecular weight is 613 g/mol. The van der Waals surface area contributed by atoms with Crippen LogP contribution in [0.4, 0.5) is 17.4 Å². The highest BCUT2D eigenvalue weighted by molar-refractivity contribution is 7.92. The molecule has 226 valence electrons. The summed E-state index contributed by atoms with van der Waals surface area (Å²) in [6, 6.07) is 26.2. The van der Waals surface area contributed by atoms with Crippen molar-refractivity contribution in [2.45, 2.75) is 31.2 Å². The van der Waals surface area contributed by atoms with Gasteiger partial charge in [0.2, 0.25) is 5.91 Å². The molecular weight excluding hydrogens is 580 g/mol. The van der Waals surface area contributed by atoms with Gasteiger partial charge < -0.3 is 19.4 Å². The third-order valence-electron chi connectivity index (χ3n) is 7.21. The van der Waals surface area contributed by atoms with Gasteiger partial charge in [-0.25, -0.2) is 13.2 Å². The quantitative estimate of drug-likeness (QED) is 0.196. The zero-order valence-corrected chi connectivity index (χ0v) is 25.4. The number of benzene rings is 4. The molecule has 5 rings (SSSR count). The lowest BCUT2D eigenvalue weighted by Crippen LogP contribution is -2.26. The molecule has 10 nitrogen and oxygen atoms in total. The molecule has 11 heteroatoms. The number of nitrogens with zero attached hydrogens (tertiary/aromatic N) is 2. The van der Waals surface area contributed by atoms with E-state index in [4.69, 9.17) is 9.15 Å². The standard InChI is InChI=1S/C33H32N4O6S/c1-22-27(36-44(40,41)26-12-8-5-9-13-26)17-18-28-31(22)32(39)43-33(34-28)35-29-20-25(42-3)16-14-24(29)15-19-30(38)37(2)21-23-10-6-4-7-11-23/h4-14,16-18,20,36H,15,19,21H2,1-3H3,(H,34,35). The lowest BCUT2D eigenvalue weighted by molar-refractivity contribution is -0.130. The maximum atomic E-state index is 13.1. The second kappa shape index (κ2) is 13.0. The van der Waals surface area contributed by atoms with Gasteiger partial charge in [-0.2, -0.15) is 4.98 Å². The molecule has 0 fully saturated rings. The molecule has 5 aromatic rings. The lowest BCUT2D eigenvalue weighted by Gasteiger charge is -2.18. The minimum absolute atomic E-state index is 0.0137. The topological polar surface area (TPSA) is 131 Å². The molecule has 44 heavy (non-hydrogen) atoms. The molecule has 0 aliphatic carbocycles. The monoisotopic (exact) mass is 612 g/mol. The number of carbonyl (C=O) groups is 1. The summed E-state index contributed by atoms with van der Waals surface area (Å²) in [6.07, 6.45) is 0.687. The van der Waals surface area contributed by atoms with E-state index in [2.05, 4.69) is 15.0 Å². The molecule has 0 spiro atoms. The summed E-state index contributed by atoms with van der Waals surface area (Å²) in [5.74, 6) is 0.554. The molecule has 0 saturated heterocycles. The summed E-state index contributed by atoms with van der Waals surface area (Å²) in [6.45, 7) is 2.14. The summed E-state index contributed by atoms with van der Waals surface area (Å²) in [5.41, 5.74) is 2.69. The van der Waals surface area contributed by atoms with Gasteiger partial charge in [0.25, 0.3) is 10.0 Å². The van der Waals surface area contributed by atoms with Crippen LogP contribution in [0.15, 0.2) is 105 Å². The second-order valence-electron chi connectivity index (χ2n) is 10.2. The minimum Gasteiger partial charge on any atom is -0.497 e. The lowest BCUT2D eigenvalue weighted by atomic mass is 10.1. The Balaban J connectivity index is 1.36. The first-order valence-corrected chi connectivity index (χ1v) is 15.4. The minimum atomic E-state index is -3.87. The van der Waals surface area contributed by atoms with Crippen LogP contribution in [0.3, 0.4) is 0 Å². The molecule has 0 unspecified atom stereocenters. The number of carbonyl (C=O) groups excluding carboxylic acids is 1. The number of methoxy groups -OCH3 is 1. The predicted molar refractivity (Wildman–Crippen MR) is 170 cm³/mol. The highest BCUT2D eigenvalue weighted by Gasteiger charge is 2.19. The number of sulfonamides is 1. The summed E-state index contributed by atoms with van der Waals surface area (Å²) >= 11 is 0. The van der Waals surface area contributed by atoms with Crippen molar-refractivity contribution in [3.8, 4) is 5.75 Å². The van der Waals surface area contributed by atoms with Crippen molar-refractivity contribution in [2.75, 3.05) is 24.2 Å². The van der Waals surface area contributed by atoms with E-state index in [1.807, 2.05) is 36.4 Å². The Morgan fingerprint density at radius 2 is 1.66 bits per heavy atom. The van der Waals surface area contributed by atoms with Gasteiger partial charge in [-0.3, -0.25) is 9.52 Å². The Bertz CT molecular complexity index is 1960. The van der Waals surface area contributed by atoms with Crippen molar-refractivity contribution in [2.24, 2.45) is 0 Å². The van der Waals surface area contributed by atoms with Gasteiger partial charge in [-0.05, 0) is 60.4 Å². The molecule has 1 amide bonds. The number of hydrogen-bond acceptors (Lipinski definition) is 8. The average Bonchev–Trinajstić information content (AvgIpc) is 3.02. The van der Waals surface area contributed by atoms with E-state index >= 15 is 0 Å². The van der Waals surface area contributed by atoms with Crippen molar-refractivity contribution >= 4 is 44.2 Å². The number of hydrogen-bond donors (Lipinski definition) is 2. The van der Waals surface area contributed by atoms with Crippen LogP contribution in [0, 0.1) is 6.92 Å². The predicted octanol–water partition coefficient (Wildman–Crippen LogP) is 5.64. The molecule has 0 aliphatic heterocycles. The van der Waals surface area contributed by atoms with Crippen LogP contribution in [0.2, 0.25) is 0 Å². The molecule has 0 saturated carbocycles. The van der Waals surface area contributed by atoms with E-state index in [9.17, 15) is 18.0 Å². The molecule has 0 radical (unpaired) electrons. The number of anilines is 3. The smallest absolute Gasteiger partial charge is 0.348 e. The molecule has 0 bridgehead atoms. The Hall–Kier alpha value is -5.16. The van der Waals surface area contributed by atoms with Gasteiger partial charge in [0, 0.05) is 31.8 Å². The Morgan fingerprint density at radius 1 is 0.955 bits per heavy atom. The highest BCUT2D eigenvalue weighted by Crippen LogP contribution is 2.29. The number of rotatable bonds is 11. The molecule has 2 N–H and O–H groups in total. The number of fused-ring (bicyclic) bond motifs is 1. The van der Waals surface area contributed by atoms with Gasteiger partial charge in [0.15, 0.2) is 0 Å². The van der Waals surface area contributed by atoms with Crippen LogP contribution in [-0.2, 0) is 27.8 Å². The van der Waals surface area contributed by atoms with E-state index < -0.39 is 15.6 Å². The summed E-state index contributed by atoms with van der Waals surface area (Å²) in [7, 11) is -0.548. The largest absolute Gasteiger partial charge is 0.497 e. The number of nitrogens with one attached hydrogen (secondary N) is 2. The molecule has 0 atom stereocenters. The van der Waals surface area contributed by atoms with Gasteiger partial charge in [0.05, 0.1) is 28.6 Å². The van der Waals surface area contributed by atoms with Crippen LogP contribution >= 0.6 is 0 Å². The number of amides is 1. The molecular formula is C33H32N4O6S. The van der Waals surface area contributed by atoms with Crippen LogP contribution in [0.5, 0.6) is 5.75 Å². The number of aromatic nitrogens is 1. The molecule has 0 aliphatic rings. The fourth-order valence-corrected chi connectivity index (χ4v) is 5.94. The van der Waals surface area contributed by atoms with Crippen molar-refractivity contribution in [1.29, 1.82) is 0 Å². The maximum Gasteiger partial charge on any atom is 0.348 e. The third kappa shape index (κ3) is 6.90. The number of ether oxygens (including phenoxy) is 1. The maximum absolute atomic E-state index is 13.1. The van der Waals surface area contributed by atoms with Crippen molar-refractivity contribution < 1.29 is 22.4 Å². The van der Waals surface area contributed by atoms with Crippen LogP contribution in [0.1, 0.15) is 23.1 Å². The fourth-order valence-electron chi connectivity index (χ4n) is 4.80. The van der Waals surface area contributed by atoms with Gasteiger partial charge >= 0.3 is 11.6 Å². The summed E-state index contributed by atoms with van der Waals surface area (Å²) in [5, 5.41) is 3.23. The van der Waals surface area contributed by atoms with E-state index in [0.717, 1.165) is 11.1 Å². The summed E-state index contributed by atoms with van der Waals surface area (Å²) < 4.78 is 39.2. The molecule has 4 aromatic carbocycles. The Morgan fingerprint density at radius 3 is 2.36 bits per heavy atom. The first kappa shape index (κ1) is 30.3. The molecule has 1 heterocycles. The van der Waals surface area contributed by atoms with E-state index in [0.29, 0.717) is 35.5 Å². The second-order valence-corrected chi connectivity index (χ2v) is 11.9. The van der Waals surface area contributed by atoms with Gasteiger partial charge in [0.1, 0.15) is 5.75 Å². The Kier molecular flexibility index (Phi) is 8.96. The van der Waals surface area contributed by atoms with Crippen molar-refractivity contribution in [3.05, 3.63) is 118 Å². The first-order chi connectivity index (χ1) is 21.1. The Labute approximate surface area is 255 Å². The zero-order valence-electron chi connectivity index (χ0n) is 24.5. The van der Waals surface area contributed by atoms with E-state index in [-0.39, 0.29) is 34.3 Å². The number of aryl methyl sites for hydroxylation is 2. The summed E-state index contributed by atoms with van der Waals surface area (Å²) in [4.78, 5) is 32.3. The van der Waals surface area contributed by atoms with Crippen molar-refractivity contribution in [3.63, 3.8) is 0 Å².